The standard InChI is InChI=1S/C16H19ClO/c1-3-4-8-16(18)15-7-5-6-14(12-15)11-13(2)9-10-17/h5-7,10,12H,3-4,8,11H2,1-2H3. The monoisotopic (exact) mass is 262 g/mol. The lowest BCUT2D eigenvalue weighted by Gasteiger charge is -2.04. The lowest BCUT2D eigenvalue weighted by molar-refractivity contribution is 0.0979. The predicted octanol–water partition coefficient (Wildman–Crippen LogP) is 4.90. The number of allylic oxidation sites excluding steroid dienone is 1. The van der Waals surface area contributed by atoms with E-state index in [2.05, 4.69) is 12.7 Å². The van der Waals surface area contributed by atoms with E-state index in [1.54, 1.807) is 0 Å². The summed E-state index contributed by atoms with van der Waals surface area (Å²) in [6.07, 6.45) is 3.42. The van der Waals surface area contributed by atoms with Crippen LogP contribution in [0.2, 0.25) is 0 Å². The van der Waals surface area contributed by atoms with E-state index in [1.807, 2.05) is 31.2 Å². The van der Waals surface area contributed by atoms with Gasteiger partial charge in [0.15, 0.2) is 5.78 Å². The number of halogens is 1. The highest BCUT2D eigenvalue weighted by molar-refractivity contribution is 6.25. The van der Waals surface area contributed by atoms with Crippen molar-refractivity contribution < 1.29 is 4.79 Å². The number of carbonyl (C=O) groups is 1. The van der Waals surface area contributed by atoms with E-state index in [9.17, 15) is 4.79 Å². The second kappa shape index (κ2) is 7.92. The van der Waals surface area contributed by atoms with E-state index in [-0.39, 0.29) is 5.78 Å². The third-order valence-corrected chi connectivity index (χ3v) is 2.89. The molecule has 0 bridgehead atoms. The molecule has 96 valence electrons. The number of hydrogen-bond donors (Lipinski definition) is 0. The average molecular weight is 263 g/mol. The summed E-state index contributed by atoms with van der Waals surface area (Å²) in [6.45, 7) is 4.07. The van der Waals surface area contributed by atoms with E-state index >= 15 is 0 Å². The van der Waals surface area contributed by atoms with Gasteiger partial charge in [0.05, 0.1) is 0 Å². The lowest BCUT2D eigenvalue weighted by atomic mass is 10.0. The van der Waals surface area contributed by atoms with Crippen LogP contribution in [0.25, 0.3) is 0 Å². The molecule has 0 amide bonds. The van der Waals surface area contributed by atoms with Gasteiger partial charge in [0.1, 0.15) is 0 Å². The Kier molecular flexibility index (Phi) is 6.49. The van der Waals surface area contributed by atoms with Crippen LogP contribution in [0.4, 0.5) is 0 Å². The Labute approximate surface area is 114 Å². The van der Waals surface area contributed by atoms with Gasteiger partial charge in [-0.2, -0.15) is 0 Å². The van der Waals surface area contributed by atoms with E-state index in [1.165, 1.54) is 5.54 Å². The first-order chi connectivity index (χ1) is 8.67. The molecule has 18 heavy (non-hydrogen) atoms. The highest BCUT2D eigenvalue weighted by atomic mass is 35.5. The molecule has 0 aliphatic heterocycles. The Hall–Kier alpha value is -1.30. The smallest absolute Gasteiger partial charge is 0.162 e. The fourth-order valence-corrected chi connectivity index (χ4v) is 1.97. The highest BCUT2D eigenvalue weighted by Crippen LogP contribution is 2.13. The first-order valence-electron chi connectivity index (χ1n) is 6.30. The summed E-state index contributed by atoms with van der Waals surface area (Å²) < 4.78 is 0. The van der Waals surface area contributed by atoms with Crippen molar-refractivity contribution in [3.8, 4) is 0 Å². The second-order valence-corrected chi connectivity index (χ2v) is 4.66. The van der Waals surface area contributed by atoms with Crippen LogP contribution < -0.4 is 0 Å². The zero-order chi connectivity index (χ0) is 13.4. The molecule has 0 radical (unpaired) electrons. The zero-order valence-corrected chi connectivity index (χ0v) is 11.8. The summed E-state index contributed by atoms with van der Waals surface area (Å²) in [4.78, 5) is 11.9. The minimum Gasteiger partial charge on any atom is -0.294 e. The fourth-order valence-electron chi connectivity index (χ4n) is 1.79. The molecule has 1 aromatic carbocycles. The van der Waals surface area contributed by atoms with Crippen LogP contribution in [0.15, 0.2) is 41.1 Å². The summed E-state index contributed by atoms with van der Waals surface area (Å²) in [6, 6.07) is 7.82. The van der Waals surface area contributed by atoms with Gasteiger partial charge in [-0.15, -0.1) is 5.73 Å². The Bertz CT molecular complexity index is 468. The Morgan fingerprint density at radius 1 is 1.44 bits per heavy atom. The average Bonchev–Trinajstić information content (AvgIpc) is 2.36. The quantitative estimate of drug-likeness (QED) is 0.526. The van der Waals surface area contributed by atoms with Gasteiger partial charge >= 0.3 is 0 Å². The molecule has 0 saturated heterocycles. The molecule has 0 spiro atoms. The van der Waals surface area contributed by atoms with E-state index in [0.717, 1.165) is 36.0 Å². The normalized spacial score (nSPS) is 9.72. The highest BCUT2D eigenvalue weighted by Gasteiger charge is 2.05. The second-order valence-electron chi connectivity index (χ2n) is 4.44. The summed E-state index contributed by atoms with van der Waals surface area (Å²) in [5.41, 5.74) is 7.34. The maximum atomic E-state index is 11.9. The Morgan fingerprint density at radius 2 is 2.22 bits per heavy atom. The van der Waals surface area contributed by atoms with Crippen molar-refractivity contribution >= 4 is 17.4 Å². The molecule has 1 aromatic rings. The molecule has 2 heteroatoms. The third-order valence-electron chi connectivity index (χ3n) is 2.78. The summed E-state index contributed by atoms with van der Waals surface area (Å²) in [7, 11) is 0. The maximum Gasteiger partial charge on any atom is 0.162 e. The molecule has 0 heterocycles. The van der Waals surface area contributed by atoms with E-state index in [0.29, 0.717) is 6.42 Å². The van der Waals surface area contributed by atoms with Crippen LogP contribution in [0.3, 0.4) is 0 Å². The molecular formula is C16H19ClO. The summed E-state index contributed by atoms with van der Waals surface area (Å²) in [5, 5.41) is 0. The molecule has 0 aromatic heterocycles. The molecule has 0 fully saturated rings. The topological polar surface area (TPSA) is 17.1 Å². The van der Waals surface area contributed by atoms with Crippen LogP contribution in [0, 0.1) is 0 Å². The summed E-state index contributed by atoms with van der Waals surface area (Å²) >= 11 is 5.49. The van der Waals surface area contributed by atoms with Gasteiger partial charge in [0.2, 0.25) is 0 Å². The minimum atomic E-state index is 0.230. The van der Waals surface area contributed by atoms with Crippen molar-refractivity contribution in [2.24, 2.45) is 0 Å². The van der Waals surface area contributed by atoms with Crippen molar-refractivity contribution in [3.05, 3.63) is 52.2 Å². The number of hydrogen-bond acceptors (Lipinski definition) is 1. The van der Waals surface area contributed by atoms with Crippen molar-refractivity contribution in [1.82, 2.24) is 0 Å². The molecule has 1 rings (SSSR count). The zero-order valence-electron chi connectivity index (χ0n) is 11.0. The first kappa shape index (κ1) is 14.8. The van der Waals surface area contributed by atoms with Crippen molar-refractivity contribution in [1.29, 1.82) is 0 Å². The molecular weight excluding hydrogens is 244 g/mol. The van der Waals surface area contributed by atoms with Crippen molar-refractivity contribution in [2.75, 3.05) is 0 Å². The van der Waals surface area contributed by atoms with Crippen LogP contribution in [0.1, 0.15) is 49.0 Å². The molecule has 1 nitrogen and oxygen atoms in total. The first-order valence-corrected chi connectivity index (χ1v) is 6.74. The predicted molar refractivity (Wildman–Crippen MR) is 77.1 cm³/mol. The number of benzene rings is 1. The number of rotatable bonds is 6. The Morgan fingerprint density at radius 3 is 2.89 bits per heavy atom. The van der Waals surface area contributed by atoms with E-state index in [4.69, 9.17) is 11.6 Å². The molecule has 0 N–H and O–H groups in total. The van der Waals surface area contributed by atoms with Gasteiger partial charge < -0.3 is 0 Å². The number of carbonyl (C=O) groups excluding carboxylic acids is 1. The fraction of sp³-hybridized carbons (Fsp3) is 0.375. The number of ketones is 1. The van der Waals surface area contributed by atoms with Gasteiger partial charge in [-0.25, -0.2) is 0 Å². The van der Waals surface area contributed by atoms with Crippen LogP contribution in [-0.4, -0.2) is 5.78 Å². The maximum absolute atomic E-state index is 11.9. The molecule has 0 atom stereocenters. The van der Waals surface area contributed by atoms with Gasteiger partial charge in [-0.1, -0.05) is 43.1 Å². The molecule has 0 unspecified atom stereocenters. The largest absolute Gasteiger partial charge is 0.294 e. The van der Waals surface area contributed by atoms with Crippen LogP contribution in [-0.2, 0) is 6.42 Å². The number of Topliss-reactive ketones (excluding diaryl/α,β-unsaturated/α-hetero) is 1. The third kappa shape index (κ3) is 4.91. The Balaban J connectivity index is 2.79. The van der Waals surface area contributed by atoms with Gasteiger partial charge in [-0.05, 0) is 30.5 Å². The van der Waals surface area contributed by atoms with E-state index < -0.39 is 0 Å². The molecule has 0 saturated carbocycles. The lowest BCUT2D eigenvalue weighted by Crippen LogP contribution is -1.99. The summed E-state index contributed by atoms with van der Waals surface area (Å²) in [5.74, 6) is 0.230. The van der Waals surface area contributed by atoms with Gasteiger partial charge in [0, 0.05) is 23.9 Å². The van der Waals surface area contributed by atoms with Gasteiger partial charge in [-0.3, -0.25) is 4.79 Å². The number of unbranched alkanes of at least 4 members (excludes halogenated alkanes) is 1. The van der Waals surface area contributed by atoms with Crippen molar-refractivity contribution in [2.45, 2.75) is 39.5 Å². The SMILES string of the molecule is CCCCC(=O)c1cccc(CC(C)=C=CCl)c1. The van der Waals surface area contributed by atoms with Crippen molar-refractivity contribution in [3.63, 3.8) is 0 Å². The molecule has 0 aliphatic rings. The molecule has 0 aliphatic carbocycles. The van der Waals surface area contributed by atoms with Gasteiger partial charge in [0.25, 0.3) is 0 Å². The minimum absolute atomic E-state index is 0.230. The van der Waals surface area contributed by atoms with Crippen LogP contribution in [0.5, 0.6) is 0 Å². The van der Waals surface area contributed by atoms with Crippen LogP contribution >= 0.6 is 11.6 Å².